The monoisotopic (exact) mass is 299 g/mol. The fourth-order valence-electron chi connectivity index (χ4n) is 1.58. The molecule has 2 rings (SSSR count). The molecule has 2 heterocycles. The van der Waals surface area contributed by atoms with Crippen molar-refractivity contribution in [2.75, 3.05) is 6.54 Å². The number of rotatable bonds is 7. The van der Waals surface area contributed by atoms with E-state index >= 15 is 0 Å². The number of sulfonamides is 1. The Kier molecular flexibility index (Phi) is 4.53. The van der Waals surface area contributed by atoms with Crippen LogP contribution in [-0.4, -0.2) is 29.7 Å². The molecule has 0 bridgehead atoms. The zero-order valence-corrected chi connectivity index (χ0v) is 11.9. The lowest BCUT2D eigenvalue weighted by Crippen LogP contribution is -2.23. The lowest BCUT2D eigenvalue weighted by atomic mass is 10.4. The molecule has 0 spiro atoms. The Balaban J connectivity index is 2.00. The molecule has 0 amide bonds. The third kappa shape index (κ3) is 3.65. The highest BCUT2D eigenvalue weighted by molar-refractivity contribution is 7.89. The molecule has 0 aromatic carbocycles. The summed E-state index contributed by atoms with van der Waals surface area (Å²) in [5.74, 6) is 0.954. The number of aryl methyl sites for hydroxylation is 2. The van der Waals surface area contributed by atoms with Crippen LogP contribution in [0.5, 0.6) is 0 Å². The molecule has 0 radical (unpaired) electrons. The number of oxazole rings is 1. The molecular weight excluding hydrogens is 282 g/mol. The Morgan fingerprint density at radius 1 is 1.45 bits per heavy atom. The Bertz CT molecular complexity index is 661. The third-order valence-corrected chi connectivity index (χ3v) is 3.95. The minimum atomic E-state index is -3.62. The van der Waals surface area contributed by atoms with Gasteiger partial charge in [-0.3, -0.25) is 4.68 Å². The second-order valence-electron chi connectivity index (χ2n) is 4.27. The number of nitrogens with one attached hydrogen (secondary N) is 1. The van der Waals surface area contributed by atoms with E-state index in [4.69, 9.17) is 10.2 Å². The lowest BCUT2D eigenvalue weighted by Gasteiger charge is -2.02. The number of nitrogens with two attached hydrogens (primary N) is 1. The predicted octanol–water partition coefficient (Wildman–Crippen LogP) is 0.00682. The van der Waals surface area contributed by atoms with Crippen LogP contribution in [0.2, 0.25) is 0 Å². The van der Waals surface area contributed by atoms with Gasteiger partial charge in [0.15, 0.2) is 0 Å². The molecule has 3 N–H and O–H groups in total. The van der Waals surface area contributed by atoms with Gasteiger partial charge in [0, 0.05) is 12.7 Å². The van der Waals surface area contributed by atoms with Gasteiger partial charge >= 0.3 is 0 Å². The molecule has 0 saturated heterocycles. The topological polar surface area (TPSA) is 116 Å². The van der Waals surface area contributed by atoms with Gasteiger partial charge in [-0.2, -0.15) is 5.10 Å². The van der Waals surface area contributed by atoms with Crippen LogP contribution in [-0.2, 0) is 23.1 Å². The first-order valence-corrected chi connectivity index (χ1v) is 7.63. The molecule has 0 atom stereocenters. The van der Waals surface area contributed by atoms with Crippen molar-refractivity contribution in [1.29, 1.82) is 0 Å². The zero-order chi connectivity index (χ0) is 14.6. The summed E-state index contributed by atoms with van der Waals surface area (Å²) < 4.78 is 33.2. The Hall–Kier alpha value is -1.71. The van der Waals surface area contributed by atoms with E-state index in [0.29, 0.717) is 24.7 Å². The van der Waals surface area contributed by atoms with E-state index in [-0.39, 0.29) is 11.4 Å². The summed E-state index contributed by atoms with van der Waals surface area (Å²) in [5.41, 5.74) is 5.39. The largest absolute Gasteiger partial charge is 0.445 e. The maximum atomic E-state index is 12.0. The van der Waals surface area contributed by atoms with E-state index in [9.17, 15) is 8.42 Å². The van der Waals surface area contributed by atoms with Gasteiger partial charge in [-0.1, -0.05) is 0 Å². The Morgan fingerprint density at radius 2 is 2.25 bits per heavy atom. The SMILES string of the molecule is Cc1cnc(CNS(=O)(=O)c2cnn(CCCN)c2)o1. The second-order valence-corrected chi connectivity index (χ2v) is 6.04. The van der Waals surface area contributed by atoms with Crippen LogP contribution in [0.3, 0.4) is 0 Å². The van der Waals surface area contributed by atoms with Crippen molar-refractivity contribution in [2.45, 2.75) is 31.3 Å². The highest BCUT2D eigenvalue weighted by Gasteiger charge is 2.17. The predicted molar refractivity (Wildman–Crippen MR) is 71.2 cm³/mol. The molecule has 9 heteroatoms. The number of aromatic nitrogens is 3. The molecule has 0 aliphatic rings. The summed E-state index contributed by atoms with van der Waals surface area (Å²) in [6.45, 7) is 2.87. The van der Waals surface area contributed by atoms with Gasteiger partial charge in [-0.05, 0) is 19.9 Å². The second kappa shape index (κ2) is 6.16. The van der Waals surface area contributed by atoms with Crippen LogP contribution in [0, 0.1) is 6.92 Å². The highest BCUT2D eigenvalue weighted by Crippen LogP contribution is 2.09. The van der Waals surface area contributed by atoms with Gasteiger partial charge in [0.25, 0.3) is 0 Å². The first kappa shape index (κ1) is 14.7. The maximum absolute atomic E-state index is 12.0. The zero-order valence-electron chi connectivity index (χ0n) is 11.1. The molecule has 0 fully saturated rings. The first-order valence-electron chi connectivity index (χ1n) is 6.15. The molecule has 2 aromatic rings. The number of hydrogen-bond donors (Lipinski definition) is 2. The van der Waals surface area contributed by atoms with Gasteiger partial charge in [0.05, 0.1) is 18.9 Å². The first-order chi connectivity index (χ1) is 9.51. The van der Waals surface area contributed by atoms with Crippen molar-refractivity contribution >= 4 is 10.0 Å². The van der Waals surface area contributed by atoms with Crippen molar-refractivity contribution in [2.24, 2.45) is 5.73 Å². The summed E-state index contributed by atoms with van der Waals surface area (Å²) in [6.07, 6.45) is 5.05. The van der Waals surface area contributed by atoms with Crippen LogP contribution in [0.4, 0.5) is 0 Å². The van der Waals surface area contributed by atoms with Crippen LogP contribution in [0.15, 0.2) is 27.9 Å². The molecule has 8 nitrogen and oxygen atoms in total. The van der Waals surface area contributed by atoms with E-state index < -0.39 is 10.0 Å². The van der Waals surface area contributed by atoms with Crippen LogP contribution in [0.1, 0.15) is 18.1 Å². The number of hydrogen-bond acceptors (Lipinski definition) is 6. The van der Waals surface area contributed by atoms with E-state index in [1.54, 1.807) is 11.6 Å². The van der Waals surface area contributed by atoms with Crippen molar-refractivity contribution in [3.8, 4) is 0 Å². The Labute approximate surface area is 117 Å². The standard InChI is InChI=1S/C11H17N5O3S/c1-9-5-13-11(19-9)7-15-20(17,18)10-6-14-16(8-10)4-2-3-12/h5-6,8,15H,2-4,7,12H2,1H3. The molecule has 110 valence electrons. The Morgan fingerprint density at radius 3 is 2.90 bits per heavy atom. The fraction of sp³-hybridized carbons (Fsp3) is 0.455. The van der Waals surface area contributed by atoms with E-state index in [1.807, 2.05) is 0 Å². The fourth-order valence-corrected chi connectivity index (χ4v) is 2.51. The quantitative estimate of drug-likeness (QED) is 0.743. The van der Waals surface area contributed by atoms with Crippen LogP contribution in [0.25, 0.3) is 0 Å². The normalized spacial score (nSPS) is 11.9. The molecule has 0 unspecified atom stereocenters. The van der Waals surface area contributed by atoms with Crippen LogP contribution >= 0.6 is 0 Å². The summed E-state index contributed by atoms with van der Waals surface area (Å²) in [4.78, 5) is 4.04. The molecular formula is C11H17N5O3S. The van der Waals surface area contributed by atoms with Gasteiger partial charge in [-0.25, -0.2) is 18.1 Å². The molecule has 0 aliphatic carbocycles. The van der Waals surface area contributed by atoms with Crippen molar-refractivity contribution in [3.63, 3.8) is 0 Å². The lowest BCUT2D eigenvalue weighted by molar-refractivity contribution is 0.463. The number of nitrogens with zero attached hydrogens (tertiary/aromatic N) is 3. The van der Waals surface area contributed by atoms with Crippen molar-refractivity contribution in [1.82, 2.24) is 19.5 Å². The van der Waals surface area contributed by atoms with Crippen LogP contribution < -0.4 is 10.5 Å². The molecule has 20 heavy (non-hydrogen) atoms. The van der Waals surface area contributed by atoms with E-state index in [0.717, 1.165) is 6.42 Å². The molecule has 0 aliphatic heterocycles. The van der Waals surface area contributed by atoms with Gasteiger partial charge in [0.1, 0.15) is 10.7 Å². The summed E-state index contributed by atoms with van der Waals surface area (Å²) >= 11 is 0. The van der Waals surface area contributed by atoms with Gasteiger partial charge in [-0.15, -0.1) is 0 Å². The van der Waals surface area contributed by atoms with Gasteiger partial charge in [0.2, 0.25) is 15.9 Å². The smallest absolute Gasteiger partial charge is 0.244 e. The molecule has 0 saturated carbocycles. The third-order valence-electron chi connectivity index (χ3n) is 2.59. The van der Waals surface area contributed by atoms with E-state index in [2.05, 4.69) is 14.8 Å². The van der Waals surface area contributed by atoms with E-state index in [1.165, 1.54) is 18.6 Å². The molecule has 2 aromatic heterocycles. The van der Waals surface area contributed by atoms with Gasteiger partial charge < -0.3 is 10.2 Å². The summed E-state index contributed by atoms with van der Waals surface area (Å²) in [5, 5.41) is 3.98. The highest BCUT2D eigenvalue weighted by atomic mass is 32.2. The summed E-state index contributed by atoms with van der Waals surface area (Å²) in [6, 6.07) is 0. The summed E-state index contributed by atoms with van der Waals surface area (Å²) in [7, 11) is -3.62. The van der Waals surface area contributed by atoms with Crippen molar-refractivity contribution < 1.29 is 12.8 Å². The van der Waals surface area contributed by atoms with Crippen molar-refractivity contribution in [3.05, 3.63) is 30.2 Å². The average molecular weight is 299 g/mol. The minimum Gasteiger partial charge on any atom is -0.445 e. The maximum Gasteiger partial charge on any atom is 0.244 e. The average Bonchev–Trinajstić information content (AvgIpc) is 3.03. The minimum absolute atomic E-state index is 0.00412.